The van der Waals surface area contributed by atoms with Crippen molar-refractivity contribution in [3.05, 3.63) is 17.6 Å². The maximum Gasteiger partial charge on any atom is 0.409 e. The van der Waals surface area contributed by atoms with Crippen LogP contribution in [0.1, 0.15) is 61.8 Å². The van der Waals surface area contributed by atoms with E-state index >= 15 is 0 Å². The van der Waals surface area contributed by atoms with Gasteiger partial charge >= 0.3 is 6.09 Å². The van der Waals surface area contributed by atoms with Crippen molar-refractivity contribution in [2.75, 3.05) is 25.0 Å². The van der Waals surface area contributed by atoms with Gasteiger partial charge < -0.3 is 20.3 Å². The summed E-state index contributed by atoms with van der Waals surface area (Å²) >= 11 is 0. The molecule has 8 nitrogen and oxygen atoms in total. The fraction of sp³-hybridized carbons (Fsp3) is 0.684. The Labute approximate surface area is 160 Å². The monoisotopic (exact) mass is 375 g/mol. The lowest BCUT2D eigenvalue weighted by Crippen LogP contribution is -2.46. The second-order valence-electron chi connectivity index (χ2n) is 7.25. The van der Waals surface area contributed by atoms with Gasteiger partial charge in [0.1, 0.15) is 17.3 Å². The number of piperidine rings is 1. The first-order valence-corrected chi connectivity index (χ1v) is 9.90. The maximum atomic E-state index is 12.6. The molecule has 0 bridgehead atoms. The van der Waals surface area contributed by atoms with Crippen LogP contribution in [0.5, 0.6) is 0 Å². The number of likely N-dealkylation sites (tertiary alicyclic amines) is 1. The Morgan fingerprint density at radius 3 is 2.52 bits per heavy atom. The largest absolute Gasteiger partial charge is 0.450 e. The number of aryl methyl sites for hydroxylation is 1. The van der Waals surface area contributed by atoms with E-state index in [1.807, 2.05) is 0 Å². The normalized spacial score (nSPS) is 18.4. The van der Waals surface area contributed by atoms with Crippen LogP contribution in [0.25, 0.3) is 0 Å². The Hall–Kier alpha value is -2.38. The zero-order chi connectivity index (χ0) is 19.2. The smallest absolute Gasteiger partial charge is 0.409 e. The predicted octanol–water partition coefficient (Wildman–Crippen LogP) is 2.49. The minimum absolute atomic E-state index is 0.0321. The number of aromatic nitrogens is 2. The summed E-state index contributed by atoms with van der Waals surface area (Å²) in [7, 11) is 0. The molecule has 8 heteroatoms. The Kier molecular flexibility index (Phi) is 6.47. The average Bonchev–Trinajstić information content (AvgIpc) is 3.15. The molecule has 27 heavy (non-hydrogen) atoms. The number of rotatable bonds is 5. The molecule has 0 atom stereocenters. The van der Waals surface area contributed by atoms with Gasteiger partial charge in [0.15, 0.2) is 0 Å². The van der Waals surface area contributed by atoms with Crippen molar-refractivity contribution in [3.8, 4) is 0 Å². The van der Waals surface area contributed by atoms with Gasteiger partial charge in [-0.3, -0.25) is 4.79 Å². The molecule has 1 saturated heterocycles. The molecule has 2 amide bonds. The first-order valence-electron chi connectivity index (χ1n) is 9.90. The number of nitrogens with zero attached hydrogens (tertiary/aromatic N) is 3. The van der Waals surface area contributed by atoms with Crippen molar-refractivity contribution in [1.29, 1.82) is 0 Å². The lowest BCUT2D eigenvalue weighted by atomic mass is 10.1. The molecule has 1 aromatic heterocycles. The van der Waals surface area contributed by atoms with Crippen molar-refractivity contribution in [2.45, 2.75) is 64.5 Å². The molecule has 1 saturated carbocycles. The van der Waals surface area contributed by atoms with E-state index in [-0.39, 0.29) is 18.0 Å². The molecule has 3 rings (SSSR count). The van der Waals surface area contributed by atoms with Gasteiger partial charge in [0.05, 0.1) is 6.61 Å². The fourth-order valence-electron chi connectivity index (χ4n) is 3.72. The van der Waals surface area contributed by atoms with Gasteiger partial charge in [0.25, 0.3) is 5.91 Å². The van der Waals surface area contributed by atoms with Crippen molar-refractivity contribution in [3.63, 3.8) is 0 Å². The van der Waals surface area contributed by atoms with E-state index in [0.29, 0.717) is 50.1 Å². The molecule has 2 fully saturated rings. The number of hydrogen-bond donors (Lipinski definition) is 2. The maximum absolute atomic E-state index is 12.6. The molecule has 0 radical (unpaired) electrons. The number of carbonyl (C=O) groups is 2. The first kappa shape index (κ1) is 19.4. The summed E-state index contributed by atoms with van der Waals surface area (Å²) in [6.07, 6.45) is 5.90. The third kappa shape index (κ3) is 5.30. The van der Waals surface area contributed by atoms with Crippen LogP contribution in [0.3, 0.4) is 0 Å². The lowest BCUT2D eigenvalue weighted by Gasteiger charge is -2.31. The molecule has 0 spiro atoms. The van der Waals surface area contributed by atoms with E-state index in [2.05, 4.69) is 20.6 Å². The van der Waals surface area contributed by atoms with Crippen LogP contribution in [0.4, 0.5) is 10.6 Å². The summed E-state index contributed by atoms with van der Waals surface area (Å²) in [5.41, 5.74) is 0.385. The number of nitrogens with one attached hydrogen (secondary N) is 2. The van der Waals surface area contributed by atoms with Gasteiger partial charge in [0, 0.05) is 31.2 Å². The van der Waals surface area contributed by atoms with Gasteiger partial charge in [-0.05, 0) is 39.5 Å². The van der Waals surface area contributed by atoms with E-state index < -0.39 is 0 Å². The predicted molar refractivity (Wildman–Crippen MR) is 102 cm³/mol. The highest BCUT2D eigenvalue weighted by atomic mass is 16.6. The zero-order valence-corrected chi connectivity index (χ0v) is 16.2. The third-order valence-electron chi connectivity index (χ3n) is 5.13. The van der Waals surface area contributed by atoms with Crippen molar-refractivity contribution in [1.82, 2.24) is 20.2 Å². The van der Waals surface area contributed by atoms with Crippen LogP contribution in [-0.2, 0) is 4.74 Å². The highest BCUT2D eigenvalue weighted by Crippen LogP contribution is 2.22. The zero-order valence-electron chi connectivity index (χ0n) is 16.2. The van der Waals surface area contributed by atoms with Crippen molar-refractivity contribution >= 4 is 17.8 Å². The van der Waals surface area contributed by atoms with Gasteiger partial charge in [-0.2, -0.15) is 0 Å². The molecular formula is C19H29N5O3. The fourth-order valence-corrected chi connectivity index (χ4v) is 3.72. The molecule has 2 heterocycles. The summed E-state index contributed by atoms with van der Waals surface area (Å²) < 4.78 is 5.02. The van der Waals surface area contributed by atoms with E-state index in [1.165, 1.54) is 12.8 Å². The third-order valence-corrected chi connectivity index (χ3v) is 5.13. The van der Waals surface area contributed by atoms with E-state index in [0.717, 1.165) is 18.7 Å². The lowest BCUT2D eigenvalue weighted by molar-refractivity contribution is 0.0856. The van der Waals surface area contributed by atoms with Crippen LogP contribution in [0.15, 0.2) is 6.07 Å². The molecule has 148 valence electrons. The van der Waals surface area contributed by atoms with E-state index in [9.17, 15) is 9.59 Å². The average molecular weight is 375 g/mol. The van der Waals surface area contributed by atoms with Gasteiger partial charge in [-0.1, -0.05) is 12.8 Å². The highest BCUT2D eigenvalue weighted by molar-refractivity contribution is 5.93. The summed E-state index contributed by atoms with van der Waals surface area (Å²) in [5, 5.41) is 6.46. The number of amides is 2. The van der Waals surface area contributed by atoms with Crippen LogP contribution < -0.4 is 10.6 Å². The van der Waals surface area contributed by atoms with Crippen LogP contribution in [-0.4, -0.2) is 58.6 Å². The minimum Gasteiger partial charge on any atom is -0.450 e. The molecule has 0 aromatic carbocycles. The number of ether oxygens (including phenoxy) is 1. The molecular weight excluding hydrogens is 346 g/mol. The molecule has 1 aliphatic carbocycles. The van der Waals surface area contributed by atoms with Crippen LogP contribution in [0.2, 0.25) is 0 Å². The van der Waals surface area contributed by atoms with Gasteiger partial charge in [0.2, 0.25) is 0 Å². The van der Waals surface area contributed by atoms with Gasteiger partial charge in [-0.15, -0.1) is 0 Å². The van der Waals surface area contributed by atoms with Gasteiger partial charge in [-0.25, -0.2) is 14.8 Å². The summed E-state index contributed by atoms with van der Waals surface area (Å²) in [6, 6.07) is 2.20. The van der Waals surface area contributed by atoms with Crippen LogP contribution >= 0.6 is 0 Å². The minimum atomic E-state index is -0.281. The second-order valence-corrected chi connectivity index (χ2v) is 7.25. The Balaban J connectivity index is 1.55. The summed E-state index contributed by atoms with van der Waals surface area (Å²) in [5.74, 6) is 1.11. The van der Waals surface area contributed by atoms with Crippen molar-refractivity contribution < 1.29 is 14.3 Å². The number of hydrogen-bond acceptors (Lipinski definition) is 6. The Bertz CT molecular complexity index is 667. The molecule has 2 N–H and O–H groups in total. The van der Waals surface area contributed by atoms with E-state index in [1.54, 1.807) is 24.8 Å². The Morgan fingerprint density at radius 1 is 1.15 bits per heavy atom. The number of carbonyl (C=O) groups excluding carboxylic acids is 2. The topological polar surface area (TPSA) is 96.5 Å². The molecule has 2 aliphatic rings. The first-order chi connectivity index (χ1) is 13.0. The Morgan fingerprint density at radius 2 is 1.85 bits per heavy atom. The molecule has 1 aromatic rings. The van der Waals surface area contributed by atoms with Crippen LogP contribution in [0, 0.1) is 6.92 Å². The molecule has 0 unspecified atom stereocenters. The quantitative estimate of drug-likeness (QED) is 0.821. The SMILES string of the molecule is CCOC(=O)N1CCC(NC(=O)c2cc(NC3CCCC3)nc(C)n2)CC1. The number of anilines is 1. The summed E-state index contributed by atoms with van der Waals surface area (Å²) in [6.45, 7) is 5.14. The standard InChI is InChI=1S/C19H29N5O3/c1-3-27-19(26)24-10-8-15(9-11-24)23-18(25)16-12-17(21-13(2)20-16)22-14-6-4-5-7-14/h12,14-15H,3-11H2,1-2H3,(H,23,25)(H,20,21,22). The van der Waals surface area contributed by atoms with E-state index in [4.69, 9.17) is 4.74 Å². The highest BCUT2D eigenvalue weighted by Gasteiger charge is 2.25. The second kappa shape index (κ2) is 9.01. The van der Waals surface area contributed by atoms with Crippen molar-refractivity contribution in [2.24, 2.45) is 0 Å². The summed E-state index contributed by atoms with van der Waals surface area (Å²) in [4.78, 5) is 34.8. The molecule has 1 aliphatic heterocycles.